The van der Waals surface area contributed by atoms with Crippen LogP contribution >= 0.6 is 0 Å². The van der Waals surface area contributed by atoms with Gasteiger partial charge in [0, 0.05) is 11.9 Å². The quantitative estimate of drug-likeness (QED) is 0.704. The first-order valence-corrected chi connectivity index (χ1v) is 7.97. The van der Waals surface area contributed by atoms with Crippen LogP contribution in [0.1, 0.15) is 15.9 Å². The number of methoxy groups -OCH3 is 1. The molecular weight excluding hydrogens is 334 g/mol. The molecule has 0 unspecified atom stereocenters. The molecule has 1 N–H and O–H groups in total. The number of benzene rings is 2. The second-order valence-electron chi connectivity index (χ2n) is 5.66. The third kappa shape index (κ3) is 3.77. The zero-order valence-corrected chi connectivity index (χ0v) is 14.1. The maximum Gasteiger partial charge on any atom is 0.337 e. The zero-order valence-electron chi connectivity index (χ0n) is 14.1. The van der Waals surface area contributed by atoms with Gasteiger partial charge < -0.3 is 10.1 Å². The minimum atomic E-state index is -0.415. The Labute approximate surface area is 149 Å². The first-order valence-electron chi connectivity index (χ1n) is 7.97. The Hall–Kier alpha value is -3.48. The van der Waals surface area contributed by atoms with Crippen molar-refractivity contribution in [3.63, 3.8) is 0 Å². The van der Waals surface area contributed by atoms with Gasteiger partial charge in [-0.1, -0.05) is 30.3 Å². The molecule has 3 rings (SSSR count). The average Bonchev–Trinajstić information content (AvgIpc) is 2.68. The summed E-state index contributed by atoms with van der Waals surface area (Å²) in [4.78, 5) is 35.8. The van der Waals surface area contributed by atoms with Crippen LogP contribution in [0.4, 0.5) is 0 Å². The van der Waals surface area contributed by atoms with Crippen LogP contribution in [0.15, 0.2) is 59.5 Å². The normalized spacial score (nSPS) is 10.5. The minimum absolute atomic E-state index is 0.163. The van der Waals surface area contributed by atoms with Gasteiger partial charge in [-0.25, -0.2) is 9.48 Å². The molecule has 2 aromatic carbocycles. The van der Waals surface area contributed by atoms with Crippen LogP contribution in [0.5, 0.6) is 0 Å². The van der Waals surface area contributed by atoms with Crippen molar-refractivity contribution >= 4 is 22.6 Å². The number of aromatic nitrogens is 2. The van der Waals surface area contributed by atoms with Crippen molar-refractivity contribution in [2.75, 3.05) is 7.11 Å². The molecule has 3 aromatic rings. The molecule has 0 saturated carbocycles. The van der Waals surface area contributed by atoms with E-state index in [1.807, 2.05) is 6.07 Å². The molecule has 0 aliphatic rings. The topological polar surface area (TPSA) is 90.3 Å². The van der Waals surface area contributed by atoms with E-state index < -0.39 is 5.97 Å². The van der Waals surface area contributed by atoms with Gasteiger partial charge in [0.25, 0.3) is 5.56 Å². The summed E-state index contributed by atoms with van der Waals surface area (Å²) in [6, 6.07) is 13.8. The van der Waals surface area contributed by atoms with E-state index in [9.17, 15) is 14.4 Å². The van der Waals surface area contributed by atoms with E-state index >= 15 is 0 Å². The second-order valence-corrected chi connectivity index (χ2v) is 5.66. The molecule has 0 radical (unpaired) electrons. The van der Waals surface area contributed by atoms with Gasteiger partial charge in [-0.2, -0.15) is 5.10 Å². The lowest BCUT2D eigenvalue weighted by atomic mass is 10.1. The first-order chi connectivity index (χ1) is 12.6. The summed E-state index contributed by atoms with van der Waals surface area (Å²) in [7, 11) is 1.32. The Morgan fingerprint density at radius 1 is 1.12 bits per heavy atom. The van der Waals surface area contributed by atoms with E-state index in [2.05, 4.69) is 15.2 Å². The number of nitrogens with one attached hydrogen (secondary N) is 1. The lowest BCUT2D eigenvalue weighted by Gasteiger charge is -2.08. The molecular formula is C19H17N3O4. The number of hydrogen-bond acceptors (Lipinski definition) is 5. The minimum Gasteiger partial charge on any atom is -0.465 e. The Bertz CT molecular complexity index is 1010. The first kappa shape index (κ1) is 17.3. The molecule has 0 saturated heterocycles. The van der Waals surface area contributed by atoms with Crippen LogP contribution in [0.3, 0.4) is 0 Å². The van der Waals surface area contributed by atoms with Gasteiger partial charge >= 0.3 is 5.97 Å². The maximum atomic E-state index is 12.3. The van der Waals surface area contributed by atoms with E-state index in [0.717, 1.165) is 15.6 Å². The highest BCUT2D eigenvalue weighted by atomic mass is 16.5. The molecule has 132 valence electrons. The summed E-state index contributed by atoms with van der Waals surface area (Å²) < 4.78 is 5.77. The van der Waals surface area contributed by atoms with Crippen molar-refractivity contribution in [2.45, 2.75) is 13.1 Å². The van der Waals surface area contributed by atoms with E-state index in [1.165, 1.54) is 7.11 Å². The number of rotatable bonds is 5. The van der Waals surface area contributed by atoms with Gasteiger partial charge in [-0.05, 0) is 23.8 Å². The predicted octanol–water partition coefficient (Wildman–Crippen LogP) is 1.50. The fourth-order valence-electron chi connectivity index (χ4n) is 2.51. The molecule has 7 heteroatoms. The Morgan fingerprint density at radius 3 is 2.58 bits per heavy atom. The average molecular weight is 351 g/mol. The van der Waals surface area contributed by atoms with Gasteiger partial charge in [0.05, 0.1) is 24.3 Å². The number of hydrogen-bond donors (Lipinski definition) is 1. The van der Waals surface area contributed by atoms with Gasteiger partial charge in [-0.3, -0.25) is 9.59 Å². The Morgan fingerprint density at radius 2 is 1.85 bits per heavy atom. The fourth-order valence-corrected chi connectivity index (χ4v) is 2.51. The van der Waals surface area contributed by atoms with Gasteiger partial charge in [-0.15, -0.1) is 0 Å². The summed E-state index contributed by atoms with van der Waals surface area (Å²) in [6.45, 7) is 0.118. The van der Waals surface area contributed by atoms with Crippen molar-refractivity contribution in [2.24, 2.45) is 0 Å². The van der Waals surface area contributed by atoms with Crippen molar-refractivity contribution < 1.29 is 14.3 Å². The third-order valence-corrected chi connectivity index (χ3v) is 3.92. The number of carbonyl (C=O) groups is 2. The highest BCUT2D eigenvalue weighted by molar-refractivity contribution is 5.89. The van der Waals surface area contributed by atoms with Gasteiger partial charge in [0.2, 0.25) is 5.91 Å². The smallest absolute Gasteiger partial charge is 0.337 e. The van der Waals surface area contributed by atoms with Crippen LogP contribution in [0.2, 0.25) is 0 Å². The highest BCUT2D eigenvalue weighted by Gasteiger charge is 2.09. The number of ether oxygens (including phenoxy) is 1. The van der Waals surface area contributed by atoms with Crippen LogP contribution < -0.4 is 10.9 Å². The van der Waals surface area contributed by atoms with Gasteiger partial charge in [0.15, 0.2) is 0 Å². The van der Waals surface area contributed by atoms with Crippen LogP contribution in [-0.2, 0) is 22.6 Å². The molecule has 0 bridgehead atoms. The van der Waals surface area contributed by atoms with Crippen molar-refractivity contribution in [3.05, 3.63) is 76.2 Å². The van der Waals surface area contributed by atoms with E-state index in [-0.39, 0.29) is 24.6 Å². The number of amides is 1. The number of esters is 1. The second kappa shape index (κ2) is 7.60. The Balaban J connectivity index is 1.63. The highest BCUT2D eigenvalue weighted by Crippen LogP contribution is 2.07. The van der Waals surface area contributed by atoms with Gasteiger partial charge in [0.1, 0.15) is 6.54 Å². The molecule has 0 fully saturated rings. The molecule has 0 aliphatic heterocycles. The molecule has 1 heterocycles. The summed E-state index contributed by atoms with van der Waals surface area (Å²) in [5.41, 5.74) is 0.958. The van der Waals surface area contributed by atoms with E-state index in [4.69, 9.17) is 0 Å². The molecule has 1 aromatic heterocycles. The zero-order chi connectivity index (χ0) is 18.5. The summed E-state index contributed by atoms with van der Waals surface area (Å²) in [6.07, 6.45) is 1.57. The van der Waals surface area contributed by atoms with Crippen LogP contribution in [0.25, 0.3) is 10.8 Å². The fraction of sp³-hybridized carbons (Fsp3) is 0.158. The monoisotopic (exact) mass is 351 g/mol. The van der Waals surface area contributed by atoms with Crippen molar-refractivity contribution in [3.8, 4) is 0 Å². The number of carbonyl (C=O) groups excluding carboxylic acids is 2. The largest absolute Gasteiger partial charge is 0.465 e. The lowest BCUT2D eigenvalue weighted by Crippen LogP contribution is -2.33. The molecule has 1 amide bonds. The molecule has 0 aliphatic carbocycles. The van der Waals surface area contributed by atoms with E-state index in [0.29, 0.717) is 10.9 Å². The van der Waals surface area contributed by atoms with Crippen LogP contribution in [-0.4, -0.2) is 28.8 Å². The number of fused-ring (bicyclic) bond motifs is 1. The third-order valence-electron chi connectivity index (χ3n) is 3.92. The molecule has 26 heavy (non-hydrogen) atoms. The number of nitrogens with zero attached hydrogens (tertiary/aromatic N) is 2. The maximum absolute atomic E-state index is 12.3. The summed E-state index contributed by atoms with van der Waals surface area (Å²) in [5, 5.41) is 8.02. The summed E-state index contributed by atoms with van der Waals surface area (Å²) in [5.74, 6) is -0.741. The van der Waals surface area contributed by atoms with E-state index in [1.54, 1.807) is 48.7 Å². The predicted molar refractivity (Wildman–Crippen MR) is 95.6 cm³/mol. The molecule has 0 atom stereocenters. The lowest BCUT2D eigenvalue weighted by molar-refractivity contribution is -0.122. The van der Waals surface area contributed by atoms with Crippen molar-refractivity contribution in [1.29, 1.82) is 0 Å². The SMILES string of the molecule is COC(=O)c1ccc(CNC(=O)Cn2ncc3ccccc3c2=O)cc1. The van der Waals surface area contributed by atoms with Crippen molar-refractivity contribution in [1.82, 2.24) is 15.1 Å². The summed E-state index contributed by atoms with van der Waals surface area (Å²) >= 11 is 0. The standard InChI is InChI=1S/C19H17N3O4/c1-26-19(25)14-8-6-13(7-9-14)10-20-17(23)12-22-18(24)16-5-3-2-4-15(16)11-21-22/h2-9,11H,10,12H2,1H3,(H,20,23). The Kier molecular flexibility index (Phi) is 5.07. The van der Waals surface area contributed by atoms with Crippen LogP contribution in [0, 0.1) is 0 Å². The molecule has 0 spiro atoms. The molecule has 7 nitrogen and oxygen atoms in total.